The SMILES string of the molecule is Cc1cc(CS(=O)(=O)NCc2ccc(Br)cc2)no1. The number of benzene rings is 1. The first-order chi connectivity index (χ1) is 8.94. The van der Waals surface area contributed by atoms with Crippen LogP contribution in [0.2, 0.25) is 0 Å². The van der Waals surface area contributed by atoms with Gasteiger partial charge in [-0.3, -0.25) is 0 Å². The van der Waals surface area contributed by atoms with Crippen LogP contribution in [0, 0.1) is 6.92 Å². The van der Waals surface area contributed by atoms with Crippen LogP contribution in [-0.4, -0.2) is 13.6 Å². The number of sulfonamides is 1. The summed E-state index contributed by atoms with van der Waals surface area (Å²) in [5.41, 5.74) is 1.30. The van der Waals surface area contributed by atoms with Gasteiger partial charge in [0.2, 0.25) is 10.0 Å². The third-order valence-electron chi connectivity index (χ3n) is 2.42. The number of hydrogen-bond acceptors (Lipinski definition) is 4. The monoisotopic (exact) mass is 344 g/mol. The summed E-state index contributed by atoms with van der Waals surface area (Å²) in [4.78, 5) is 0. The summed E-state index contributed by atoms with van der Waals surface area (Å²) >= 11 is 3.33. The van der Waals surface area contributed by atoms with E-state index < -0.39 is 10.0 Å². The minimum Gasteiger partial charge on any atom is -0.361 e. The van der Waals surface area contributed by atoms with Gasteiger partial charge in [0.1, 0.15) is 17.2 Å². The summed E-state index contributed by atoms with van der Waals surface area (Å²) < 4.78 is 32.0. The summed E-state index contributed by atoms with van der Waals surface area (Å²) in [6, 6.07) is 9.05. The Bertz CT molecular complexity index is 650. The van der Waals surface area contributed by atoms with Crippen molar-refractivity contribution in [3.8, 4) is 0 Å². The second-order valence-electron chi connectivity index (χ2n) is 4.14. The van der Waals surface area contributed by atoms with E-state index in [0.29, 0.717) is 11.5 Å². The van der Waals surface area contributed by atoms with E-state index >= 15 is 0 Å². The Balaban J connectivity index is 1.96. The molecule has 0 aliphatic rings. The predicted octanol–water partition coefficient (Wildman–Crippen LogP) is 2.37. The standard InChI is InChI=1S/C12H13BrN2O3S/c1-9-6-12(15-18-9)8-19(16,17)14-7-10-2-4-11(13)5-3-10/h2-6,14H,7-8H2,1H3. The van der Waals surface area contributed by atoms with Gasteiger partial charge < -0.3 is 4.52 Å². The zero-order valence-corrected chi connectivity index (χ0v) is 12.7. The van der Waals surface area contributed by atoms with Crippen molar-refractivity contribution in [1.82, 2.24) is 9.88 Å². The summed E-state index contributed by atoms with van der Waals surface area (Å²) in [6.45, 7) is 1.98. The highest BCUT2D eigenvalue weighted by molar-refractivity contribution is 9.10. The van der Waals surface area contributed by atoms with Crippen molar-refractivity contribution in [2.75, 3.05) is 0 Å². The summed E-state index contributed by atoms with van der Waals surface area (Å²) in [5.74, 6) is 0.416. The molecule has 0 saturated carbocycles. The zero-order chi connectivity index (χ0) is 13.9. The molecular weight excluding hydrogens is 332 g/mol. The third-order valence-corrected chi connectivity index (χ3v) is 4.21. The van der Waals surface area contributed by atoms with Gasteiger partial charge in [0.05, 0.1) is 0 Å². The number of aryl methyl sites for hydroxylation is 1. The van der Waals surface area contributed by atoms with Gasteiger partial charge in [-0.1, -0.05) is 33.2 Å². The van der Waals surface area contributed by atoms with E-state index in [2.05, 4.69) is 25.8 Å². The number of nitrogens with zero attached hydrogens (tertiary/aromatic N) is 1. The molecule has 0 saturated heterocycles. The van der Waals surface area contributed by atoms with E-state index in [1.165, 1.54) is 0 Å². The lowest BCUT2D eigenvalue weighted by molar-refractivity contribution is 0.392. The van der Waals surface area contributed by atoms with E-state index in [1.54, 1.807) is 13.0 Å². The average Bonchev–Trinajstić information content (AvgIpc) is 2.73. The van der Waals surface area contributed by atoms with Crippen LogP contribution in [0.5, 0.6) is 0 Å². The van der Waals surface area contributed by atoms with Crippen LogP contribution in [0.15, 0.2) is 39.3 Å². The molecule has 1 aromatic carbocycles. The Morgan fingerprint density at radius 2 is 2.00 bits per heavy atom. The molecule has 19 heavy (non-hydrogen) atoms. The largest absolute Gasteiger partial charge is 0.361 e. The van der Waals surface area contributed by atoms with Gasteiger partial charge in [-0.25, -0.2) is 13.1 Å². The van der Waals surface area contributed by atoms with Crippen molar-refractivity contribution in [2.45, 2.75) is 19.2 Å². The van der Waals surface area contributed by atoms with Gasteiger partial charge in [0.25, 0.3) is 0 Å². The van der Waals surface area contributed by atoms with Crippen molar-refractivity contribution in [3.63, 3.8) is 0 Å². The topological polar surface area (TPSA) is 72.2 Å². The molecule has 0 radical (unpaired) electrons. The van der Waals surface area contributed by atoms with Crippen LogP contribution in [0.4, 0.5) is 0 Å². The first-order valence-corrected chi connectivity index (χ1v) is 8.03. The van der Waals surface area contributed by atoms with Crippen LogP contribution in [0.25, 0.3) is 0 Å². The van der Waals surface area contributed by atoms with E-state index in [-0.39, 0.29) is 12.3 Å². The second-order valence-corrected chi connectivity index (χ2v) is 6.86. The summed E-state index contributed by atoms with van der Waals surface area (Å²) in [6.07, 6.45) is 0. The average molecular weight is 345 g/mol. The molecule has 0 spiro atoms. The second kappa shape index (κ2) is 5.85. The molecule has 0 fully saturated rings. The minimum absolute atomic E-state index is 0.180. The maximum Gasteiger partial charge on any atom is 0.217 e. The van der Waals surface area contributed by atoms with Gasteiger partial charge in [-0.05, 0) is 24.6 Å². The van der Waals surface area contributed by atoms with Gasteiger partial charge >= 0.3 is 0 Å². The van der Waals surface area contributed by atoms with Gasteiger partial charge in [0.15, 0.2) is 0 Å². The maximum atomic E-state index is 11.8. The van der Waals surface area contributed by atoms with Crippen LogP contribution < -0.4 is 4.72 Å². The number of hydrogen-bond donors (Lipinski definition) is 1. The molecule has 102 valence electrons. The fourth-order valence-electron chi connectivity index (χ4n) is 1.53. The Hall–Kier alpha value is -1.18. The van der Waals surface area contributed by atoms with Crippen LogP contribution in [0.3, 0.4) is 0 Å². The fraction of sp³-hybridized carbons (Fsp3) is 0.250. The Labute approximate surface area is 120 Å². The normalized spacial score (nSPS) is 11.7. The molecule has 2 rings (SSSR count). The molecule has 0 aliphatic heterocycles. The van der Waals surface area contributed by atoms with Gasteiger partial charge in [0, 0.05) is 17.1 Å². The molecule has 5 nitrogen and oxygen atoms in total. The first kappa shape index (κ1) is 14.2. The molecule has 2 aromatic rings. The minimum atomic E-state index is -3.41. The molecule has 0 aliphatic carbocycles. The van der Waals surface area contributed by atoms with Crippen LogP contribution in [0.1, 0.15) is 17.0 Å². The quantitative estimate of drug-likeness (QED) is 0.903. The highest BCUT2D eigenvalue weighted by Gasteiger charge is 2.14. The molecular formula is C12H13BrN2O3S. The van der Waals surface area contributed by atoms with Gasteiger partial charge in [-0.2, -0.15) is 0 Å². The van der Waals surface area contributed by atoms with Crippen molar-refractivity contribution in [2.24, 2.45) is 0 Å². The van der Waals surface area contributed by atoms with Crippen molar-refractivity contribution in [1.29, 1.82) is 0 Å². The zero-order valence-electron chi connectivity index (χ0n) is 10.3. The lowest BCUT2D eigenvalue weighted by Crippen LogP contribution is -2.24. The van der Waals surface area contributed by atoms with E-state index in [9.17, 15) is 8.42 Å². The Morgan fingerprint density at radius 3 is 2.58 bits per heavy atom. The Morgan fingerprint density at radius 1 is 1.32 bits per heavy atom. The number of aromatic nitrogens is 1. The highest BCUT2D eigenvalue weighted by atomic mass is 79.9. The van der Waals surface area contributed by atoms with E-state index in [4.69, 9.17) is 4.52 Å². The number of halogens is 1. The molecule has 0 bridgehead atoms. The van der Waals surface area contributed by atoms with Crippen molar-refractivity contribution >= 4 is 26.0 Å². The molecule has 0 atom stereocenters. The molecule has 0 amide bonds. The lowest BCUT2D eigenvalue weighted by Gasteiger charge is -2.05. The summed E-state index contributed by atoms with van der Waals surface area (Å²) in [7, 11) is -3.41. The van der Waals surface area contributed by atoms with Gasteiger partial charge in [-0.15, -0.1) is 0 Å². The first-order valence-electron chi connectivity index (χ1n) is 5.58. The molecule has 1 N–H and O–H groups in total. The van der Waals surface area contributed by atoms with Crippen molar-refractivity contribution < 1.29 is 12.9 Å². The van der Waals surface area contributed by atoms with Crippen LogP contribution >= 0.6 is 15.9 Å². The van der Waals surface area contributed by atoms with Crippen molar-refractivity contribution in [3.05, 3.63) is 51.8 Å². The van der Waals surface area contributed by atoms with E-state index in [1.807, 2.05) is 24.3 Å². The summed E-state index contributed by atoms with van der Waals surface area (Å²) in [5, 5.41) is 3.67. The predicted molar refractivity (Wildman–Crippen MR) is 74.8 cm³/mol. The highest BCUT2D eigenvalue weighted by Crippen LogP contribution is 2.11. The number of rotatable bonds is 5. The molecule has 7 heteroatoms. The molecule has 0 unspecified atom stereocenters. The Kier molecular flexibility index (Phi) is 4.38. The molecule has 1 heterocycles. The smallest absolute Gasteiger partial charge is 0.217 e. The lowest BCUT2D eigenvalue weighted by atomic mass is 10.2. The third kappa shape index (κ3) is 4.45. The molecule has 1 aromatic heterocycles. The van der Waals surface area contributed by atoms with E-state index in [0.717, 1.165) is 10.0 Å². The number of nitrogens with one attached hydrogen (secondary N) is 1. The fourth-order valence-corrected chi connectivity index (χ4v) is 2.81. The maximum absolute atomic E-state index is 11.8. The van der Waals surface area contributed by atoms with Crippen LogP contribution in [-0.2, 0) is 22.3 Å².